The molecular formula is C16H24N2O2. The lowest BCUT2D eigenvalue weighted by molar-refractivity contribution is -0.122. The quantitative estimate of drug-likeness (QED) is 0.752. The summed E-state index contributed by atoms with van der Waals surface area (Å²) in [4.78, 5) is 23.2. The van der Waals surface area contributed by atoms with Gasteiger partial charge in [0, 0.05) is 13.5 Å². The maximum atomic E-state index is 11.9. The molecule has 1 rings (SSSR count). The fourth-order valence-corrected chi connectivity index (χ4v) is 1.96. The van der Waals surface area contributed by atoms with Gasteiger partial charge in [0.2, 0.25) is 11.8 Å². The molecule has 2 amide bonds. The molecule has 0 fully saturated rings. The Morgan fingerprint density at radius 2 is 1.85 bits per heavy atom. The third-order valence-corrected chi connectivity index (χ3v) is 3.10. The third kappa shape index (κ3) is 5.87. The van der Waals surface area contributed by atoms with Gasteiger partial charge in [0.1, 0.15) is 0 Å². The van der Waals surface area contributed by atoms with E-state index in [1.54, 1.807) is 0 Å². The van der Waals surface area contributed by atoms with Crippen molar-refractivity contribution in [2.75, 3.05) is 6.54 Å². The van der Waals surface area contributed by atoms with Gasteiger partial charge in [0.05, 0.1) is 12.5 Å². The van der Waals surface area contributed by atoms with Crippen molar-refractivity contribution < 1.29 is 9.59 Å². The van der Waals surface area contributed by atoms with Gasteiger partial charge in [0.25, 0.3) is 0 Å². The molecule has 110 valence electrons. The summed E-state index contributed by atoms with van der Waals surface area (Å²) in [6, 6.07) is 7.61. The molecule has 4 heteroatoms. The van der Waals surface area contributed by atoms with Crippen LogP contribution in [0.15, 0.2) is 24.3 Å². The zero-order valence-corrected chi connectivity index (χ0v) is 12.5. The maximum Gasteiger partial charge on any atom is 0.222 e. The van der Waals surface area contributed by atoms with Gasteiger partial charge >= 0.3 is 0 Å². The zero-order chi connectivity index (χ0) is 15.0. The van der Waals surface area contributed by atoms with E-state index in [4.69, 9.17) is 0 Å². The minimum absolute atomic E-state index is 0.0298. The standard InChI is InChI=1S/C16H24N2O2/c1-4-5-10-17-16(20)11-15(18-13(3)19)14-8-6-12(2)7-9-14/h6-9,15H,4-5,10-11H2,1-3H3,(H,17,20)(H,18,19). The van der Waals surface area contributed by atoms with Gasteiger partial charge in [-0.2, -0.15) is 0 Å². The lowest BCUT2D eigenvalue weighted by Crippen LogP contribution is -2.33. The van der Waals surface area contributed by atoms with Crippen LogP contribution in [0.3, 0.4) is 0 Å². The normalized spacial score (nSPS) is 11.8. The van der Waals surface area contributed by atoms with E-state index in [0.29, 0.717) is 6.54 Å². The molecule has 0 aliphatic rings. The predicted molar refractivity (Wildman–Crippen MR) is 80.3 cm³/mol. The number of nitrogens with one attached hydrogen (secondary N) is 2. The Morgan fingerprint density at radius 1 is 1.20 bits per heavy atom. The number of carbonyl (C=O) groups excluding carboxylic acids is 2. The predicted octanol–water partition coefficient (Wildman–Crippen LogP) is 2.48. The molecule has 0 saturated heterocycles. The molecule has 0 bridgehead atoms. The molecular weight excluding hydrogens is 252 g/mol. The van der Waals surface area contributed by atoms with E-state index in [-0.39, 0.29) is 24.3 Å². The van der Waals surface area contributed by atoms with Crippen LogP contribution in [0.4, 0.5) is 0 Å². The summed E-state index contributed by atoms with van der Waals surface area (Å²) in [6.45, 7) is 6.25. The fraction of sp³-hybridized carbons (Fsp3) is 0.500. The van der Waals surface area contributed by atoms with Crippen LogP contribution in [0.1, 0.15) is 50.3 Å². The Kier molecular flexibility index (Phi) is 6.77. The topological polar surface area (TPSA) is 58.2 Å². The molecule has 20 heavy (non-hydrogen) atoms. The van der Waals surface area contributed by atoms with Crippen LogP contribution in [0.25, 0.3) is 0 Å². The number of aryl methyl sites for hydroxylation is 1. The fourth-order valence-electron chi connectivity index (χ4n) is 1.96. The molecule has 0 saturated carbocycles. The van der Waals surface area contributed by atoms with Crippen molar-refractivity contribution in [3.05, 3.63) is 35.4 Å². The summed E-state index contributed by atoms with van der Waals surface area (Å²) in [5, 5.41) is 5.72. The lowest BCUT2D eigenvalue weighted by Gasteiger charge is -2.18. The van der Waals surface area contributed by atoms with E-state index < -0.39 is 0 Å². The largest absolute Gasteiger partial charge is 0.356 e. The van der Waals surface area contributed by atoms with Crippen LogP contribution in [0, 0.1) is 6.92 Å². The van der Waals surface area contributed by atoms with Gasteiger partial charge in [0.15, 0.2) is 0 Å². The second kappa shape index (κ2) is 8.35. The molecule has 0 aliphatic heterocycles. The van der Waals surface area contributed by atoms with Crippen LogP contribution in [-0.4, -0.2) is 18.4 Å². The van der Waals surface area contributed by atoms with Crippen molar-refractivity contribution in [3.8, 4) is 0 Å². The monoisotopic (exact) mass is 276 g/mol. The van der Waals surface area contributed by atoms with Crippen molar-refractivity contribution in [1.82, 2.24) is 10.6 Å². The summed E-state index contributed by atoms with van der Waals surface area (Å²) in [7, 11) is 0. The second-order valence-electron chi connectivity index (χ2n) is 5.07. The van der Waals surface area contributed by atoms with Gasteiger partial charge in [-0.3, -0.25) is 9.59 Å². The highest BCUT2D eigenvalue weighted by Gasteiger charge is 2.16. The maximum absolute atomic E-state index is 11.9. The Balaban J connectivity index is 2.67. The van der Waals surface area contributed by atoms with E-state index in [1.165, 1.54) is 6.92 Å². The first kappa shape index (κ1) is 16.2. The highest BCUT2D eigenvalue weighted by molar-refractivity contribution is 5.79. The summed E-state index contributed by atoms with van der Waals surface area (Å²) in [6.07, 6.45) is 2.29. The smallest absolute Gasteiger partial charge is 0.222 e. The summed E-state index contributed by atoms with van der Waals surface area (Å²) >= 11 is 0. The summed E-state index contributed by atoms with van der Waals surface area (Å²) < 4.78 is 0. The van der Waals surface area contributed by atoms with E-state index in [9.17, 15) is 9.59 Å². The van der Waals surface area contributed by atoms with E-state index >= 15 is 0 Å². The number of benzene rings is 1. The highest BCUT2D eigenvalue weighted by Crippen LogP contribution is 2.17. The van der Waals surface area contributed by atoms with E-state index in [1.807, 2.05) is 31.2 Å². The van der Waals surface area contributed by atoms with Crippen molar-refractivity contribution >= 4 is 11.8 Å². The van der Waals surface area contributed by atoms with Crippen LogP contribution in [0.5, 0.6) is 0 Å². The highest BCUT2D eigenvalue weighted by atomic mass is 16.2. The Labute approximate surface area is 121 Å². The Bertz CT molecular complexity index is 440. The van der Waals surface area contributed by atoms with Crippen molar-refractivity contribution in [3.63, 3.8) is 0 Å². The summed E-state index contributed by atoms with van der Waals surface area (Å²) in [5.74, 6) is -0.158. The SMILES string of the molecule is CCCCNC(=O)CC(NC(C)=O)c1ccc(C)cc1. The van der Waals surface area contributed by atoms with Crippen molar-refractivity contribution in [1.29, 1.82) is 0 Å². The van der Waals surface area contributed by atoms with E-state index in [2.05, 4.69) is 17.6 Å². The van der Waals surface area contributed by atoms with Crippen LogP contribution < -0.4 is 10.6 Å². The van der Waals surface area contributed by atoms with Gasteiger partial charge < -0.3 is 10.6 Å². The number of carbonyl (C=O) groups is 2. The minimum Gasteiger partial charge on any atom is -0.356 e. The molecule has 1 unspecified atom stereocenters. The molecule has 0 radical (unpaired) electrons. The van der Waals surface area contributed by atoms with E-state index in [0.717, 1.165) is 24.0 Å². The molecule has 4 nitrogen and oxygen atoms in total. The average Bonchev–Trinajstić information content (AvgIpc) is 2.38. The van der Waals surface area contributed by atoms with Crippen LogP contribution in [0.2, 0.25) is 0 Å². The van der Waals surface area contributed by atoms with Gasteiger partial charge in [-0.15, -0.1) is 0 Å². The molecule has 2 N–H and O–H groups in total. The number of amides is 2. The summed E-state index contributed by atoms with van der Waals surface area (Å²) in [5.41, 5.74) is 2.11. The number of hydrogen-bond acceptors (Lipinski definition) is 2. The molecule has 0 heterocycles. The Morgan fingerprint density at radius 3 is 2.40 bits per heavy atom. The first-order valence-corrected chi connectivity index (χ1v) is 7.13. The second-order valence-corrected chi connectivity index (χ2v) is 5.07. The number of unbranched alkanes of at least 4 members (excludes halogenated alkanes) is 1. The Hall–Kier alpha value is -1.84. The molecule has 1 aromatic rings. The zero-order valence-electron chi connectivity index (χ0n) is 12.5. The van der Waals surface area contributed by atoms with Crippen LogP contribution in [-0.2, 0) is 9.59 Å². The van der Waals surface area contributed by atoms with Gasteiger partial charge in [-0.25, -0.2) is 0 Å². The van der Waals surface area contributed by atoms with Crippen LogP contribution >= 0.6 is 0 Å². The average molecular weight is 276 g/mol. The molecule has 1 aromatic carbocycles. The van der Waals surface area contributed by atoms with Crippen molar-refractivity contribution in [2.24, 2.45) is 0 Å². The van der Waals surface area contributed by atoms with Crippen molar-refractivity contribution in [2.45, 2.75) is 46.1 Å². The molecule has 1 atom stereocenters. The third-order valence-electron chi connectivity index (χ3n) is 3.10. The first-order valence-electron chi connectivity index (χ1n) is 7.13. The van der Waals surface area contributed by atoms with Gasteiger partial charge in [-0.1, -0.05) is 43.2 Å². The number of hydrogen-bond donors (Lipinski definition) is 2. The first-order chi connectivity index (χ1) is 9.52. The molecule has 0 aromatic heterocycles. The number of rotatable bonds is 7. The minimum atomic E-state index is -0.269. The molecule has 0 spiro atoms. The molecule has 0 aliphatic carbocycles. The van der Waals surface area contributed by atoms with Gasteiger partial charge in [-0.05, 0) is 18.9 Å². The lowest BCUT2D eigenvalue weighted by atomic mass is 10.0.